The quantitative estimate of drug-likeness (QED) is 0.890. The molecule has 1 heterocycles. The molecule has 0 aromatic heterocycles. The highest BCUT2D eigenvalue weighted by molar-refractivity contribution is 5.43. The summed E-state index contributed by atoms with van der Waals surface area (Å²) in [4.78, 5) is 2.19. The van der Waals surface area contributed by atoms with Gasteiger partial charge in [-0.3, -0.25) is 4.90 Å². The smallest absolute Gasteiger partial charge is 0.160 e. The van der Waals surface area contributed by atoms with Gasteiger partial charge in [0.15, 0.2) is 11.5 Å². The zero-order valence-corrected chi connectivity index (χ0v) is 10.6. The third kappa shape index (κ3) is 2.57. The van der Waals surface area contributed by atoms with Crippen LogP contribution < -0.4 is 4.74 Å². The maximum Gasteiger partial charge on any atom is 0.160 e. The van der Waals surface area contributed by atoms with Gasteiger partial charge < -0.3 is 9.84 Å². The molecule has 96 valence electrons. The SMILES string of the molecule is COc1cc([C@@H](C#N)N2CCCCC2)ccc1O. The Morgan fingerprint density at radius 2 is 2.06 bits per heavy atom. The highest BCUT2D eigenvalue weighted by Gasteiger charge is 2.22. The van der Waals surface area contributed by atoms with Crippen LogP contribution in [0.2, 0.25) is 0 Å². The van der Waals surface area contributed by atoms with Crippen LogP contribution in [0.5, 0.6) is 11.5 Å². The lowest BCUT2D eigenvalue weighted by atomic mass is 10.0. The van der Waals surface area contributed by atoms with Crippen molar-refractivity contribution in [1.29, 1.82) is 5.26 Å². The average molecular weight is 246 g/mol. The zero-order chi connectivity index (χ0) is 13.0. The number of ether oxygens (including phenoxy) is 1. The lowest BCUT2D eigenvalue weighted by molar-refractivity contribution is 0.196. The average Bonchev–Trinajstić information content (AvgIpc) is 2.42. The third-order valence-corrected chi connectivity index (χ3v) is 3.40. The minimum absolute atomic E-state index is 0.108. The van der Waals surface area contributed by atoms with Gasteiger partial charge in [-0.25, -0.2) is 0 Å². The van der Waals surface area contributed by atoms with Crippen molar-refractivity contribution >= 4 is 0 Å². The molecule has 0 spiro atoms. The van der Waals surface area contributed by atoms with E-state index >= 15 is 0 Å². The van der Waals surface area contributed by atoms with E-state index in [1.54, 1.807) is 18.2 Å². The number of aromatic hydroxyl groups is 1. The third-order valence-electron chi connectivity index (χ3n) is 3.40. The number of benzene rings is 1. The van der Waals surface area contributed by atoms with Crippen LogP contribution in [-0.4, -0.2) is 30.2 Å². The van der Waals surface area contributed by atoms with Crippen molar-refractivity contribution in [3.8, 4) is 17.6 Å². The van der Waals surface area contributed by atoms with E-state index in [9.17, 15) is 10.4 Å². The Morgan fingerprint density at radius 1 is 1.33 bits per heavy atom. The summed E-state index contributed by atoms with van der Waals surface area (Å²) in [5, 5.41) is 18.9. The van der Waals surface area contributed by atoms with Gasteiger partial charge in [-0.2, -0.15) is 5.26 Å². The fourth-order valence-corrected chi connectivity index (χ4v) is 2.41. The summed E-state index contributed by atoms with van der Waals surface area (Å²) in [6, 6.07) is 7.22. The van der Waals surface area contributed by atoms with Crippen molar-refractivity contribution in [2.75, 3.05) is 20.2 Å². The summed E-state index contributed by atoms with van der Waals surface area (Å²) in [6.07, 6.45) is 3.54. The van der Waals surface area contributed by atoms with Crippen molar-refractivity contribution in [2.24, 2.45) is 0 Å². The van der Waals surface area contributed by atoms with Gasteiger partial charge in [-0.15, -0.1) is 0 Å². The Morgan fingerprint density at radius 3 is 2.67 bits per heavy atom. The molecular weight excluding hydrogens is 228 g/mol. The number of methoxy groups -OCH3 is 1. The molecule has 1 atom stereocenters. The van der Waals surface area contributed by atoms with Crippen molar-refractivity contribution in [3.05, 3.63) is 23.8 Å². The Labute approximate surface area is 107 Å². The normalized spacial score (nSPS) is 18.0. The number of nitrogens with zero attached hydrogens (tertiary/aromatic N) is 2. The number of likely N-dealkylation sites (tertiary alicyclic amines) is 1. The summed E-state index contributed by atoms with van der Waals surface area (Å²) in [5.41, 5.74) is 0.883. The first kappa shape index (κ1) is 12.7. The van der Waals surface area contributed by atoms with E-state index in [-0.39, 0.29) is 11.8 Å². The fraction of sp³-hybridized carbons (Fsp3) is 0.500. The zero-order valence-electron chi connectivity index (χ0n) is 10.6. The molecule has 1 aliphatic rings. The number of nitriles is 1. The van der Waals surface area contributed by atoms with Crippen LogP contribution in [0, 0.1) is 11.3 Å². The minimum atomic E-state index is -0.250. The first-order chi connectivity index (χ1) is 8.76. The summed E-state index contributed by atoms with van der Waals surface area (Å²) in [5.74, 6) is 0.529. The molecule has 1 aromatic rings. The molecule has 1 saturated heterocycles. The van der Waals surface area contributed by atoms with E-state index in [1.165, 1.54) is 13.5 Å². The van der Waals surface area contributed by atoms with Crippen molar-refractivity contribution in [3.63, 3.8) is 0 Å². The maximum atomic E-state index is 9.58. The Bertz CT molecular complexity index is 448. The second-order valence-electron chi connectivity index (χ2n) is 4.56. The second-order valence-corrected chi connectivity index (χ2v) is 4.56. The van der Waals surface area contributed by atoms with Crippen molar-refractivity contribution < 1.29 is 9.84 Å². The van der Waals surface area contributed by atoms with Crippen LogP contribution in [0.3, 0.4) is 0 Å². The largest absolute Gasteiger partial charge is 0.504 e. The lowest BCUT2D eigenvalue weighted by Crippen LogP contribution is -2.33. The van der Waals surface area contributed by atoms with Crippen LogP contribution in [-0.2, 0) is 0 Å². The predicted octanol–water partition coefficient (Wildman–Crippen LogP) is 2.45. The first-order valence-corrected chi connectivity index (χ1v) is 6.27. The molecular formula is C14H18N2O2. The van der Waals surface area contributed by atoms with Crippen LogP contribution in [0.25, 0.3) is 0 Å². The molecule has 18 heavy (non-hydrogen) atoms. The van der Waals surface area contributed by atoms with E-state index in [1.807, 2.05) is 0 Å². The number of phenols is 1. The topological polar surface area (TPSA) is 56.5 Å². The van der Waals surface area contributed by atoms with Gasteiger partial charge >= 0.3 is 0 Å². The number of hydrogen-bond donors (Lipinski definition) is 1. The minimum Gasteiger partial charge on any atom is -0.504 e. The molecule has 4 heteroatoms. The van der Waals surface area contributed by atoms with Gasteiger partial charge in [0.25, 0.3) is 0 Å². The summed E-state index contributed by atoms with van der Waals surface area (Å²) in [6.45, 7) is 1.92. The molecule has 0 saturated carbocycles. The molecule has 0 bridgehead atoms. The second kappa shape index (κ2) is 5.74. The predicted molar refractivity (Wildman–Crippen MR) is 68.4 cm³/mol. The number of phenolic OH excluding ortho intramolecular Hbond substituents is 1. The number of piperidine rings is 1. The highest BCUT2D eigenvalue weighted by Crippen LogP contribution is 2.31. The Hall–Kier alpha value is -1.73. The molecule has 1 aromatic carbocycles. The molecule has 1 fully saturated rings. The molecule has 4 nitrogen and oxygen atoms in total. The van der Waals surface area contributed by atoms with Gasteiger partial charge in [0, 0.05) is 0 Å². The van der Waals surface area contributed by atoms with E-state index in [4.69, 9.17) is 4.74 Å². The van der Waals surface area contributed by atoms with E-state index in [0.29, 0.717) is 5.75 Å². The maximum absolute atomic E-state index is 9.58. The summed E-state index contributed by atoms with van der Waals surface area (Å²) in [7, 11) is 1.51. The van der Waals surface area contributed by atoms with Crippen LogP contribution in [0.15, 0.2) is 18.2 Å². The van der Waals surface area contributed by atoms with Gasteiger partial charge in [0.2, 0.25) is 0 Å². The Kier molecular flexibility index (Phi) is 4.06. The van der Waals surface area contributed by atoms with Crippen LogP contribution in [0.1, 0.15) is 30.9 Å². The van der Waals surface area contributed by atoms with Gasteiger partial charge in [-0.05, 0) is 43.6 Å². The van der Waals surface area contributed by atoms with Crippen LogP contribution >= 0.6 is 0 Å². The molecule has 1 N–H and O–H groups in total. The van der Waals surface area contributed by atoms with E-state index in [2.05, 4.69) is 11.0 Å². The summed E-state index contributed by atoms with van der Waals surface area (Å²) >= 11 is 0. The molecule has 0 amide bonds. The van der Waals surface area contributed by atoms with Crippen molar-refractivity contribution in [2.45, 2.75) is 25.3 Å². The van der Waals surface area contributed by atoms with Gasteiger partial charge in [0.1, 0.15) is 6.04 Å². The lowest BCUT2D eigenvalue weighted by Gasteiger charge is -2.30. The van der Waals surface area contributed by atoms with Crippen LogP contribution in [0.4, 0.5) is 0 Å². The first-order valence-electron chi connectivity index (χ1n) is 6.27. The monoisotopic (exact) mass is 246 g/mol. The van der Waals surface area contributed by atoms with E-state index < -0.39 is 0 Å². The standard InChI is InChI=1S/C14H18N2O2/c1-18-14-9-11(5-6-13(14)17)12(10-15)16-7-3-2-4-8-16/h5-6,9,12,17H,2-4,7-8H2,1H3/t12-/m1/s1. The molecule has 2 rings (SSSR count). The Balaban J connectivity index is 2.24. The summed E-state index contributed by atoms with van der Waals surface area (Å²) < 4.78 is 5.09. The molecule has 0 radical (unpaired) electrons. The van der Waals surface area contributed by atoms with Crippen molar-refractivity contribution in [1.82, 2.24) is 4.90 Å². The molecule has 0 unspecified atom stereocenters. The fourth-order valence-electron chi connectivity index (χ4n) is 2.41. The van der Waals surface area contributed by atoms with E-state index in [0.717, 1.165) is 31.5 Å². The number of rotatable bonds is 3. The molecule has 0 aliphatic carbocycles. The highest BCUT2D eigenvalue weighted by atomic mass is 16.5. The molecule has 1 aliphatic heterocycles. The number of hydrogen-bond acceptors (Lipinski definition) is 4. The van der Waals surface area contributed by atoms with Gasteiger partial charge in [-0.1, -0.05) is 12.5 Å². The van der Waals surface area contributed by atoms with Gasteiger partial charge in [0.05, 0.1) is 13.2 Å².